The molecule has 0 aromatic carbocycles. The maximum atomic E-state index is 13.6. The minimum Gasteiger partial charge on any atom is -0.300 e. The molecule has 1 aliphatic rings. The fourth-order valence-electron chi connectivity index (χ4n) is 2.00. The van der Waals surface area contributed by atoms with E-state index in [9.17, 15) is 22.4 Å². The van der Waals surface area contributed by atoms with Crippen LogP contribution in [-0.2, 0) is 4.79 Å². The summed E-state index contributed by atoms with van der Waals surface area (Å²) >= 11 is 0. The highest BCUT2D eigenvalue weighted by atomic mass is 19.4. The van der Waals surface area contributed by atoms with Gasteiger partial charge in [-0.3, -0.25) is 4.79 Å². The van der Waals surface area contributed by atoms with Crippen molar-refractivity contribution >= 4 is 5.78 Å². The van der Waals surface area contributed by atoms with Crippen LogP contribution in [0, 0.1) is 5.92 Å². The Bertz CT molecular complexity index is 235. The van der Waals surface area contributed by atoms with Gasteiger partial charge in [0, 0.05) is 0 Å². The van der Waals surface area contributed by atoms with E-state index < -0.39 is 30.0 Å². The number of carbonyl (C=O) groups excluding carboxylic acids is 1. The minimum absolute atomic E-state index is 0.00530. The van der Waals surface area contributed by atoms with Gasteiger partial charge in [0.2, 0.25) is 5.67 Å². The number of halogens is 4. The van der Waals surface area contributed by atoms with Crippen molar-refractivity contribution in [2.45, 2.75) is 44.5 Å². The third kappa shape index (κ3) is 1.77. The van der Waals surface area contributed by atoms with Crippen molar-refractivity contribution in [3.63, 3.8) is 0 Å². The van der Waals surface area contributed by atoms with Gasteiger partial charge in [-0.1, -0.05) is 6.42 Å². The van der Waals surface area contributed by atoms with Gasteiger partial charge in [-0.25, -0.2) is 4.39 Å². The Kier molecular flexibility index (Phi) is 2.88. The largest absolute Gasteiger partial charge is 0.423 e. The van der Waals surface area contributed by atoms with Gasteiger partial charge in [-0.2, -0.15) is 13.2 Å². The number of ketones is 1. The van der Waals surface area contributed by atoms with Gasteiger partial charge in [0.1, 0.15) is 5.78 Å². The van der Waals surface area contributed by atoms with Gasteiger partial charge in [0.05, 0.1) is 5.92 Å². The van der Waals surface area contributed by atoms with Crippen molar-refractivity contribution in [3.8, 4) is 0 Å². The van der Waals surface area contributed by atoms with Crippen LogP contribution in [-0.4, -0.2) is 17.6 Å². The predicted molar refractivity (Wildman–Crippen MR) is 42.5 cm³/mol. The Balaban J connectivity index is 2.97. The molecule has 0 saturated heterocycles. The molecule has 1 nitrogen and oxygen atoms in total. The third-order valence-electron chi connectivity index (χ3n) is 2.80. The molecule has 1 rings (SSSR count). The van der Waals surface area contributed by atoms with E-state index in [1.165, 1.54) is 0 Å². The van der Waals surface area contributed by atoms with E-state index in [0.29, 0.717) is 6.42 Å². The maximum Gasteiger partial charge on any atom is 0.423 e. The van der Waals surface area contributed by atoms with Crippen molar-refractivity contribution in [1.82, 2.24) is 0 Å². The quantitative estimate of drug-likeness (QED) is 0.610. The molecular formula is C9H12F4O. The van der Waals surface area contributed by atoms with Gasteiger partial charge in [-0.05, 0) is 26.2 Å². The molecule has 2 atom stereocenters. The molecule has 0 heterocycles. The first-order valence-electron chi connectivity index (χ1n) is 4.55. The van der Waals surface area contributed by atoms with E-state index in [1.54, 1.807) is 0 Å². The highest BCUT2D eigenvalue weighted by Crippen LogP contribution is 2.48. The van der Waals surface area contributed by atoms with Gasteiger partial charge in [0.15, 0.2) is 0 Å². The topological polar surface area (TPSA) is 17.1 Å². The zero-order valence-corrected chi connectivity index (χ0v) is 7.83. The normalized spacial score (nSPS) is 34.2. The van der Waals surface area contributed by atoms with E-state index in [-0.39, 0.29) is 12.8 Å². The summed E-state index contributed by atoms with van der Waals surface area (Å²) in [5.41, 5.74) is -3.29. The molecule has 2 unspecified atom stereocenters. The van der Waals surface area contributed by atoms with Crippen molar-refractivity contribution in [2.75, 3.05) is 0 Å². The Labute approximate surface area is 79.5 Å². The highest BCUT2D eigenvalue weighted by Gasteiger charge is 2.62. The van der Waals surface area contributed by atoms with Crippen LogP contribution in [0.4, 0.5) is 17.6 Å². The number of rotatable bonds is 1. The molecule has 0 N–H and O–H groups in total. The molecule has 0 spiro atoms. The van der Waals surface area contributed by atoms with Crippen molar-refractivity contribution < 1.29 is 22.4 Å². The minimum atomic E-state index is -4.93. The molecular weight excluding hydrogens is 200 g/mol. The monoisotopic (exact) mass is 212 g/mol. The Hall–Kier alpha value is -0.610. The third-order valence-corrected chi connectivity index (χ3v) is 2.80. The lowest BCUT2D eigenvalue weighted by Crippen LogP contribution is -2.51. The first-order valence-corrected chi connectivity index (χ1v) is 4.55. The lowest BCUT2D eigenvalue weighted by Gasteiger charge is -2.37. The first kappa shape index (κ1) is 11.5. The molecule has 0 radical (unpaired) electrons. The van der Waals surface area contributed by atoms with Gasteiger partial charge in [0.25, 0.3) is 0 Å². The first-order chi connectivity index (χ1) is 6.29. The molecule has 1 saturated carbocycles. The van der Waals surface area contributed by atoms with Gasteiger partial charge < -0.3 is 0 Å². The number of hydrogen-bond donors (Lipinski definition) is 0. The Morgan fingerprint density at radius 3 is 2.29 bits per heavy atom. The molecule has 82 valence electrons. The summed E-state index contributed by atoms with van der Waals surface area (Å²) in [5, 5.41) is 0. The van der Waals surface area contributed by atoms with Crippen LogP contribution < -0.4 is 0 Å². The molecule has 14 heavy (non-hydrogen) atoms. The van der Waals surface area contributed by atoms with E-state index in [4.69, 9.17) is 0 Å². The Morgan fingerprint density at radius 2 is 1.93 bits per heavy atom. The average Bonchev–Trinajstić information content (AvgIpc) is 2.02. The van der Waals surface area contributed by atoms with E-state index in [1.807, 2.05) is 0 Å². The lowest BCUT2D eigenvalue weighted by atomic mass is 9.74. The Morgan fingerprint density at radius 1 is 1.36 bits per heavy atom. The van der Waals surface area contributed by atoms with Crippen LogP contribution >= 0.6 is 0 Å². The summed E-state index contributed by atoms with van der Waals surface area (Å²) in [6.45, 7) is 1.02. The van der Waals surface area contributed by atoms with Crippen molar-refractivity contribution in [1.29, 1.82) is 0 Å². The van der Waals surface area contributed by atoms with E-state index in [2.05, 4.69) is 0 Å². The molecule has 0 amide bonds. The van der Waals surface area contributed by atoms with Crippen LogP contribution in [0.25, 0.3) is 0 Å². The molecule has 0 aliphatic heterocycles. The van der Waals surface area contributed by atoms with E-state index in [0.717, 1.165) is 6.92 Å². The fraction of sp³-hybridized carbons (Fsp3) is 0.889. The summed E-state index contributed by atoms with van der Waals surface area (Å²) < 4.78 is 50.9. The summed E-state index contributed by atoms with van der Waals surface area (Å²) in [6.07, 6.45) is -4.82. The average molecular weight is 212 g/mol. The molecule has 0 aromatic heterocycles. The molecule has 1 aliphatic carbocycles. The molecule has 0 bridgehead atoms. The zero-order chi connectivity index (χ0) is 11.0. The van der Waals surface area contributed by atoms with Crippen LogP contribution in [0.15, 0.2) is 0 Å². The SMILES string of the molecule is CC(=O)C1CCCCC1(F)C(F)(F)F. The van der Waals surface area contributed by atoms with Crippen LogP contribution in [0.3, 0.4) is 0 Å². The summed E-state index contributed by atoms with van der Waals surface area (Å²) in [7, 11) is 0. The summed E-state index contributed by atoms with van der Waals surface area (Å²) in [4.78, 5) is 10.9. The molecule has 0 aromatic rings. The number of hydrogen-bond acceptors (Lipinski definition) is 1. The molecule has 5 heteroatoms. The van der Waals surface area contributed by atoms with Crippen molar-refractivity contribution in [2.24, 2.45) is 5.92 Å². The van der Waals surface area contributed by atoms with E-state index >= 15 is 0 Å². The smallest absolute Gasteiger partial charge is 0.300 e. The number of carbonyl (C=O) groups is 1. The second-order valence-electron chi connectivity index (χ2n) is 3.77. The van der Waals surface area contributed by atoms with Gasteiger partial charge >= 0.3 is 6.18 Å². The van der Waals surface area contributed by atoms with Crippen LogP contribution in [0.5, 0.6) is 0 Å². The van der Waals surface area contributed by atoms with Crippen molar-refractivity contribution in [3.05, 3.63) is 0 Å². The second-order valence-corrected chi connectivity index (χ2v) is 3.77. The number of Topliss-reactive ketones (excluding diaryl/α,β-unsaturated/α-hetero) is 1. The number of alkyl halides is 4. The van der Waals surface area contributed by atoms with Crippen LogP contribution in [0.2, 0.25) is 0 Å². The molecule has 1 fully saturated rings. The van der Waals surface area contributed by atoms with Crippen LogP contribution in [0.1, 0.15) is 32.6 Å². The summed E-state index contributed by atoms with van der Waals surface area (Å²) in [5.74, 6) is -2.21. The predicted octanol–water partition coefficient (Wildman–Crippen LogP) is 3.04. The fourth-order valence-corrected chi connectivity index (χ4v) is 2.00. The summed E-state index contributed by atoms with van der Waals surface area (Å²) in [6, 6.07) is 0. The standard InChI is InChI=1S/C9H12F4O/c1-6(14)7-4-2-3-5-8(7,10)9(11,12)13/h7H,2-5H2,1H3. The van der Waals surface area contributed by atoms with Gasteiger partial charge in [-0.15, -0.1) is 0 Å². The second kappa shape index (κ2) is 3.51. The lowest BCUT2D eigenvalue weighted by molar-refractivity contribution is -0.254. The zero-order valence-electron chi connectivity index (χ0n) is 7.83. The highest BCUT2D eigenvalue weighted by molar-refractivity contribution is 5.79. The maximum absolute atomic E-state index is 13.6.